The van der Waals surface area contributed by atoms with Crippen LogP contribution in [-0.4, -0.2) is 54.5 Å². The average molecular weight is 492 g/mol. The summed E-state index contributed by atoms with van der Waals surface area (Å²) in [7, 11) is 1.59. The van der Waals surface area contributed by atoms with Gasteiger partial charge in [0, 0.05) is 43.5 Å². The Hall–Kier alpha value is -3.35. The summed E-state index contributed by atoms with van der Waals surface area (Å²) >= 11 is 0. The SMILES string of the molecule is COc1cccc(NC(=O)N2CC[C@@H](CC(=O)O)[C@@H](CC3=NCCc4ccc(C(C)(C)C)cc43)C2)c1. The fraction of sp³-hybridized carbons (Fsp3) is 0.483. The predicted molar refractivity (Wildman–Crippen MR) is 142 cm³/mol. The second-order valence-corrected chi connectivity index (χ2v) is 10.9. The minimum atomic E-state index is -0.791. The second kappa shape index (κ2) is 10.7. The van der Waals surface area contributed by atoms with Gasteiger partial charge in [-0.15, -0.1) is 0 Å². The maximum absolute atomic E-state index is 13.1. The number of carbonyl (C=O) groups is 2. The van der Waals surface area contributed by atoms with Crippen molar-refractivity contribution in [2.45, 2.75) is 51.9 Å². The number of carboxylic acid groups (broad SMARTS) is 1. The molecule has 0 spiro atoms. The van der Waals surface area contributed by atoms with E-state index in [-0.39, 0.29) is 29.7 Å². The Morgan fingerprint density at radius 2 is 1.97 bits per heavy atom. The van der Waals surface area contributed by atoms with Crippen molar-refractivity contribution < 1.29 is 19.4 Å². The number of aliphatic imine (C=N–C) groups is 1. The fourth-order valence-electron chi connectivity index (χ4n) is 5.24. The molecule has 2 aromatic rings. The topological polar surface area (TPSA) is 91.2 Å². The molecule has 2 atom stereocenters. The van der Waals surface area contributed by atoms with Gasteiger partial charge in [-0.2, -0.15) is 0 Å². The second-order valence-electron chi connectivity index (χ2n) is 10.9. The van der Waals surface area contributed by atoms with Crippen LogP contribution in [0.2, 0.25) is 0 Å². The smallest absolute Gasteiger partial charge is 0.321 e. The van der Waals surface area contributed by atoms with Gasteiger partial charge in [-0.25, -0.2) is 4.79 Å². The zero-order chi connectivity index (χ0) is 25.9. The van der Waals surface area contributed by atoms with Gasteiger partial charge in [0.05, 0.1) is 7.11 Å². The molecule has 2 N–H and O–H groups in total. The molecule has 7 nitrogen and oxygen atoms in total. The van der Waals surface area contributed by atoms with E-state index in [1.165, 1.54) is 16.7 Å². The van der Waals surface area contributed by atoms with Gasteiger partial charge in [0.15, 0.2) is 0 Å². The summed E-state index contributed by atoms with van der Waals surface area (Å²) in [6.07, 6.45) is 2.35. The summed E-state index contributed by atoms with van der Waals surface area (Å²) in [6, 6.07) is 13.8. The third-order valence-electron chi connectivity index (χ3n) is 7.36. The highest BCUT2D eigenvalue weighted by molar-refractivity contribution is 6.03. The first-order chi connectivity index (χ1) is 17.1. The molecule has 7 heteroatoms. The maximum Gasteiger partial charge on any atom is 0.321 e. The van der Waals surface area contributed by atoms with Crippen LogP contribution in [0.25, 0.3) is 0 Å². The van der Waals surface area contributed by atoms with Crippen LogP contribution < -0.4 is 10.1 Å². The van der Waals surface area contributed by atoms with E-state index in [1.807, 2.05) is 18.2 Å². The van der Waals surface area contributed by atoms with Gasteiger partial charge in [0.2, 0.25) is 0 Å². The molecule has 0 bridgehead atoms. The summed E-state index contributed by atoms with van der Waals surface area (Å²) in [5.41, 5.74) is 5.48. The Morgan fingerprint density at radius 3 is 2.69 bits per heavy atom. The van der Waals surface area contributed by atoms with E-state index in [4.69, 9.17) is 9.73 Å². The van der Waals surface area contributed by atoms with E-state index >= 15 is 0 Å². The molecule has 2 aliphatic heterocycles. The number of aliphatic carboxylic acids is 1. The Kier molecular flexibility index (Phi) is 7.67. The molecule has 0 aromatic heterocycles. The molecular formula is C29H37N3O4. The van der Waals surface area contributed by atoms with Crippen molar-refractivity contribution in [1.82, 2.24) is 4.90 Å². The molecule has 192 valence electrons. The lowest BCUT2D eigenvalue weighted by molar-refractivity contribution is -0.138. The molecule has 4 rings (SSSR count). The molecule has 1 fully saturated rings. The Balaban J connectivity index is 1.53. The predicted octanol–water partition coefficient (Wildman–Crippen LogP) is 5.37. The van der Waals surface area contributed by atoms with Crippen LogP contribution in [0.5, 0.6) is 5.75 Å². The lowest BCUT2D eigenvalue weighted by atomic mass is 9.77. The number of hydrogen-bond acceptors (Lipinski definition) is 4. The molecule has 0 saturated carbocycles. The van der Waals surface area contributed by atoms with Gasteiger partial charge >= 0.3 is 12.0 Å². The Bertz CT molecular complexity index is 1150. The molecule has 2 amide bonds. The molecule has 2 heterocycles. The Labute approximate surface area is 213 Å². The van der Waals surface area contributed by atoms with Gasteiger partial charge in [-0.05, 0) is 71.4 Å². The number of hydrogen-bond donors (Lipinski definition) is 2. The van der Waals surface area contributed by atoms with Gasteiger partial charge in [-0.3, -0.25) is 9.79 Å². The van der Waals surface area contributed by atoms with Gasteiger partial charge in [0.1, 0.15) is 5.75 Å². The number of rotatable bonds is 6. The fourth-order valence-corrected chi connectivity index (χ4v) is 5.24. The summed E-state index contributed by atoms with van der Waals surface area (Å²) < 4.78 is 5.26. The van der Waals surface area contributed by atoms with Crippen LogP contribution in [0.15, 0.2) is 47.5 Å². The first-order valence-corrected chi connectivity index (χ1v) is 12.7. The number of fused-ring (bicyclic) bond motifs is 1. The van der Waals surface area contributed by atoms with E-state index in [9.17, 15) is 14.7 Å². The van der Waals surface area contributed by atoms with E-state index in [2.05, 4.69) is 44.3 Å². The first kappa shape index (κ1) is 25.7. The number of methoxy groups -OCH3 is 1. The van der Waals surface area contributed by atoms with Crippen molar-refractivity contribution in [2.24, 2.45) is 16.8 Å². The molecule has 1 saturated heterocycles. The van der Waals surface area contributed by atoms with Crippen LogP contribution >= 0.6 is 0 Å². The molecule has 36 heavy (non-hydrogen) atoms. The van der Waals surface area contributed by atoms with E-state index in [0.717, 1.165) is 18.7 Å². The van der Waals surface area contributed by atoms with Crippen LogP contribution in [0, 0.1) is 11.8 Å². The van der Waals surface area contributed by atoms with Crippen LogP contribution in [0.1, 0.15) is 56.7 Å². The number of benzene rings is 2. The number of amides is 2. The van der Waals surface area contributed by atoms with E-state index in [1.54, 1.807) is 18.1 Å². The highest BCUT2D eigenvalue weighted by atomic mass is 16.5. The van der Waals surface area contributed by atoms with Gasteiger partial charge in [-0.1, -0.05) is 39.0 Å². The maximum atomic E-state index is 13.1. The number of piperidine rings is 1. The minimum Gasteiger partial charge on any atom is -0.497 e. The average Bonchev–Trinajstić information content (AvgIpc) is 2.84. The van der Waals surface area contributed by atoms with Crippen molar-refractivity contribution in [2.75, 3.05) is 32.1 Å². The number of anilines is 1. The monoisotopic (exact) mass is 491 g/mol. The third-order valence-corrected chi connectivity index (χ3v) is 7.36. The number of nitrogens with zero attached hydrogens (tertiary/aromatic N) is 2. The molecule has 0 unspecified atom stereocenters. The zero-order valence-electron chi connectivity index (χ0n) is 21.7. The highest BCUT2D eigenvalue weighted by Gasteiger charge is 2.34. The van der Waals surface area contributed by atoms with Crippen molar-refractivity contribution >= 4 is 23.4 Å². The Morgan fingerprint density at radius 1 is 1.17 bits per heavy atom. The zero-order valence-corrected chi connectivity index (χ0v) is 21.7. The summed E-state index contributed by atoms with van der Waals surface area (Å²) in [6.45, 7) is 8.39. The highest BCUT2D eigenvalue weighted by Crippen LogP contribution is 2.34. The third kappa shape index (κ3) is 6.07. The first-order valence-electron chi connectivity index (χ1n) is 12.7. The number of carbonyl (C=O) groups excluding carboxylic acids is 1. The van der Waals surface area contributed by atoms with Crippen molar-refractivity contribution in [3.05, 3.63) is 59.2 Å². The number of urea groups is 1. The number of likely N-dealkylation sites (tertiary alicyclic amines) is 1. The molecular weight excluding hydrogens is 454 g/mol. The van der Waals surface area contributed by atoms with Crippen molar-refractivity contribution in [3.63, 3.8) is 0 Å². The minimum absolute atomic E-state index is 0.00208. The molecule has 0 aliphatic carbocycles. The number of nitrogens with one attached hydrogen (secondary N) is 1. The number of carboxylic acids is 1. The summed E-state index contributed by atoms with van der Waals surface area (Å²) in [5.74, 6) is -0.0918. The van der Waals surface area contributed by atoms with Crippen LogP contribution in [-0.2, 0) is 16.6 Å². The summed E-state index contributed by atoms with van der Waals surface area (Å²) in [4.78, 5) is 31.5. The van der Waals surface area contributed by atoms with E-state index < -0.39 is 5.97 Å². The normalized spacial score (nSPS) is 19.8. The van der Waals surface area contributed by atoms with Crippen LogP contribution in [0.3, 0.4) is 0 Å². The summed E-state index contributed by atoms with van der Waals surface area (Å²) in [5, 5.41) is 12.5. The van der Waals surface area contributed by atoms with E-state index in [0.29, 0.717) is 37.4 Å². The standard InChI is InChI=1S/C29H37N3O4/c1-29(2,3)22-9-8-19-10-12-30-26(25(19)16-22)14-21-18-32(13-11-20(21)15-27(33)34)28(35)31-23-6-5-7-24(17-23)36-4/h5-9,16-17,20-21H,10-15,18H2,1-4H3,(H,31,35)(H,33,34)/t20-,21-/m0/s1. The quantitative estimate of drug-likeness (QED) is 0.568. The van der Waals surface area contributed by atoms with Gasteiger partial charge in [0.25, 0.3) is 0 Å². The molecule has 2 aromatic carbocycles. The molecule has 0 radical (unpaired) electrons. The van der Waals surface area contributed by atoms with Crippen LogP contribution in [0.4, 0.5) is 10.5 Å². The lowest BCUT2D eigenvalue weighted by Crippen LogP contribution is -2.46. The lowest BCUT2D eigenvalue weighted by Gasteiger charge is -2.38. The van der Waals surface area contributed by atoms with Crippen molar-refractivity contribution in [3.8, 4) is 5.75 Å². The largest absolute Gasteiger partial charge is 0.497 e. The number of ether oxygens (including phenoxy) is 1. The molecule has 2 aliphatic rings. The van der Waals surface area contributed by atoms with Gasteiger partial charge < -0.3 is 20.1 Å². The van der Waals surface area contributed by atoms with Crippen molar-refractivity contribution in [1.29, 1.82) is 0 Å².